The van der Waals surface area contributed by atoms with Crippen molar-refractivity contribution in [2.45, 2.75) is 50.4 Å². The molecule has 2 atom stereocenters. The predicted octanol–water partition coefficient (Wildman–Crippen LogP) is 3.84. The summed E-state index contributed by atoms with van der Waals surface area (Å²) in [7, 11) is 0. The highest BCUT2D eigenvalue weighted by Crippen LogP contribution is 2.54. The molecule has 0 N–H and O–H groups in total. The maximum atomic E-state index is 14.3. The maximum Gasteiger partial charge on any atom is 0.356 e. The number of unbranched alkanes of at least 4 members (excludes halogenated alkanes) is 1. The van der Waals surface area contributed by atoms with Gasteiger partial charge in [0.25, 0.3) is 0 Å². The van der Waals surface area contributed by atoms with E-state index in [0.717, 1.165) is 17.2 Å². The molecule has 10 heteroatoms. The highest BCUT2D eigenvalue weighted by Gasteiger charge is 2.72. The van der Waals surface area contributed by atoms with E-state index in [4.69, 9.17) is 16.3 Å². The van der Waals surface area contributed by atoms with Gasteiger partial charge in [-0.15, -0.1) is 0 Å². The van der Waals surface area contributed by atoms with Gasteiger partial charge in [0.2, 0.25) is 6.23 Å². The molecule has 2 aromatic heterocycles. The zero-order chi connectivity index (χ0) is 16.8. The number of halogens is 5. The van der Waals surface area contributed by atoms with Crippen LogP contribution in [0.25, 0.3) is 11.2 Å². The van der Waals surface area contributed by atoms with Crippen molar-refractivity contribution in [2.24, 2.45) is 0 Å². The van der Waals surface area contributed by atoms with Gasteiger partial charge in [-0.25, -0.2) is 15.0 Å². The molecule has 0 unspecified atom stereocenters. The molecule has 1 fully saturated rings. The van der Waals surface area contributed by atoms with Crippen molar-refractivity contribution in [3.8, 4) is 0 Å². The molecule has 0 radical (unpaired) electrons. The third kappa shape index (κ3) is 2.37. The molecular weight excluding hydrogens is 340 g/mol. The molecule has 0 aliphatic carbocycles. The Bertz CT molecular complexity index is 723. The summed E-state index contributed by atoms with van der Waals surface area (Å²) in [6.45, 7) is 1.78. The Morgan fingerprint density at radius 3 is 2.65 bits per heavy atom. The molecule has 0 bridgehead atoms. The second-order valence-electron chi connectivity index (χ2n) is 5.35. The van der Waals surface area contributed by atoms with Crippen molar-refractivity contribution < 1.29 is 22.3 Å². The van der Waals surface area contributed by atoms with E-state index in [0.29, 0.717) is 12.8 Å². The Morgan fingerprint density at radius 2 is 1.96 bits per heavy atom. The second-order valence-corrected chi connectivity index (χ2v) is 5.71. The molecule has 126 valence electrons. The Balaban J connectivity index is 2.03. The van der Waals surface area contributed by atoms with Crippen LogP contribution in [0, 0.1) is 0 Å². The molecule has 1 saturated heterocycles. The van der Waals surface area contributed by atoms with E-state index >= 15 is 0 Å². The van der Waals surface area contributed by atoms with E-state index in [1.54, 1.807) is 6.92 Å². The first-order valence-electron chi connectivity index (χ1n) is 7.04. The summed E-state index contributed by atoms with van der Waals surface area (Å²) in [6.07, 6.45) is -1.25. The largest absolute Gasteiger partial charge is 0.356 e. The lowest BCUT2D eigenvalue weighted by molar-refractivity contribution is -0.207. The maximum absolute atomic E-state index is 14.3. The summed E-state index contributed by atoms with van der Waals surface area (Å²) in [6, 6.07) is 0. The topological polar surface area (TPSA) is 52.8 Å². The molecule has 1 aliphatic rings. The third-order valence-corrected chi connectivity index (χ3v) is 4.12. The van der Waals surface area contributed by atoms with Crippen molar-refractivity contribution in [1.29, 1.82) is 0 Å². The summed E-state index contributed by atoms with van der Waals surface area (Å²) in [5, 5.41) is -0.0515. The number of hydrogen-bond acceptors (Lipinski definition) is 4. The van der Waals surface area contributed by atoms with E-state index < -0.39 is 24.2 Å². The number of rotatable bonds is 4. The fraction of sp³-hybridized carbons (Fsp3) is 0.615. The van der Waals surface area contributed by atoms with Gasteiger partial charge >= 0.3 is 11.8 Å². The first-order valence-corrected chi connectivity index (χ1v) is 7.42. The normalized spacial score (nSPS) is 26.0. The van der Waals surface area contributed by atoms with E-state index in [2.05, 4.69) is 15.0 Å². The number of alkyl halides is 4. The Hall–Kier alpha value is -1.48. The zero-order valence-electron chi connectivity index (χ0n) is 12.0. The van der Waals surface area contributed by atoms with Gasteiger partial charge < -0.3 is 4.74 Å². The van der Waals surface area contributed by atoms with Crippen molar-refractivity contribution in [3.63, 3.8) is 0 Å². The van der Waals surface area contributed by atoms with Gasteiger partial charge in [0.15, 0.2) is 10.8 Å². The Morgan fingerprint density at radius 1 is 1.22 bits per heavy atom. The fourth-order valence-corrected chi connectivity index (χ4v) is 2.76. The minimum atomic E-state index is -4.39. The Kier molecular flexibility index (Phi) is 3.96. The Labute approximate surface area is 133 Å². The predicted molar refractivity (Wildman–Crippen MR) is 73.7 cm³/mol. The molecule has 1 aliphatic heterocycles. The van der Waals surface area contributed by atoms with Crippen LogP contribution in [0.1, 0.15) is 32.4 Å². The van der Waals surface area contributed by atoms with Gasteiger partial charge in [-0.1, -0.05) is 31.4 Å². The van der Waals surface area contributed by atoms with Crippen LogP contribution in [-0.4, -0.2) is 37.5 Å². The number of ether oxygens (including phenoxy) is 1. The first kappa shape index (κ1) is 16.4. The van der Waals surface area contributed by atoms with Crippen LogP contribution in [0.4, 0.5) is 17.6 Å². The lowest BCUT2D eigenvalue weighted by Crippen LogP contribution is -2.45. The zero-order valence-corrected chi connectivity index (χ0v) is 12.8. The third-order valence-electron chi connectivity index (χ3n) is 3.84. The van der Waals surface area contributed by atoms with Gasteiger partial charge in [-0.05, 0) is 6.42 Å². The fourth-order valence-electron chi connectivity index (χ4n) is 2.58. The van der Waals surface area contributed by atoms with Crippen LogP contribution in [0.3, 0.4) is 0 Å². The number of aromatic nitrogens is 4. The molecule has 0 saturated carbocycles. The number of nitrogens with zero attached hydrogens (tertiary/aromatic N) is 4. The minimum absolute atomic E-state index is 0.0499. The molecule has 5 nitrogen and oxygen atoms in total. The minimum Gasteiger partial charge on any atom is -0.342 e. The van der Waals surface area contributed by atoms with Gasteiger partial charge in [0.05, 0.1) is 6.33 Å². The average Bonchev–Trinajstić information content (AvgIpc) is 2.98. The lowest BCUT2D eigenvalue weighted by atomic mass is 10.0. The van der Waals surface area contributed by atoms with E-state index in [1.807, 2.05) is 0 Å². The summed E-state index contributed by atoms with van der Waals surface area (Å²) in [4.78, 5) is 11.3. The lowest BCUT2D eigenvalue weighted by Gasteiger charge is -2.23. The highest BCUT2D eigenvalue weighted by molar-refractivity contribution is 6.33. The number of imidazole rings is 1. The summed E-state index contributed by atoms with van der Waals surface area (Å²) >= 11 is 5.80. The van der Waals surface area contributed by atoms with Crippen molar-refractivity contribution in [3.05, 3.63) is 17.8 Å². The van der Waals surface area contributed by atoms with Gasteiger partial charge in [-0.2, -0.15) is 17.6 Å². The SMILES string of the molecule is CCCC[C@H]1O[C@H](n2cnc3c(Cl)ncnc32)C(F)(F)C1(F)F. The van der Waals surface area contributed by atoms with Gasteiger partial charge in [0.1, 0.15) is 17.9 Å². The van der Waals surface area contributed by atoms with E-state index in [-0.39, 0.29) is 22.7 Å². The molecular formula is C13H13ClF4N4O. The monoisotopic (exact) mass is 352 g/mol. The van der Waals surface area contributed by atoms with Crippen LogP contribution in [0.2, 0.25) is 5.15 Å². The van der Waals surface area contributed by atoms with Crippen LogP contribution < -0.4 is 0 Å². The van der Waals surface area contributed by atoms with Crippen molar-refractivity contribution >= 4 is 22.8 Å². The molecule has 23 heavy (non-hydrogen) atoms. The van der Waals surface area contributed by atoms with E-state index in [1.165, 1.54) is 0 Å². The highest BCUT2D eigenvalue weighted by atomic mass is 35.5. The first-order chi connectivity index (χ1) is 10.8. The quantitative estimate of drug-likeness (QED) is 0.619. The smallest absolute Gasteiger partial charge is 0.342 e. The second kappa shape index (κ2) is 5.55. The summed E-state index contributed by atoms with van der Waals surface area (Å²) < 4.78 is 62.4. The van der Waals surface area contributed by atoms with Gasteiger partial charge in [-0.3, -0.25) is 4.57 Å². The summed E-state index contributed by atoms with van der Waals surface area (Å²) in [5.74, 6) is -8.67. The standard InChI is InChI=1S/C13H13ClF4N4O/c1-2-3-4-7-12(15,16)13(17,18)11(23-7)22-6-21-8-9(14)19-5-20-10(8)22/h5-7,11H,2-4H2,1H3/t7-,11+/m1/s1. The molecule has 0 aromatic carbocycles. The summed E-state index contributed by atoms with van der Waals surface area (Å²) in [5.41, 5.74) is -0.0319. The molecule has 0 amide bonds. The number of fused-ring (bicyclic) bond motifs is 1. The van der Waals surface area contributed by atoms with Crippen molar-refractivity contribution in [1.82, 2.24) is 19.5 Å². The average molecular weight is 353 g/mol. The molecule has 2 aromatic rings. The van der Waals surface area contributed by atoms with Crippen LogP contribution in [0.5, 0.6) is 0 Å². The van der Waals surface area contributed by atoms with Gasteiger partial charge in [0, 0.05) is 0 Å². The van der Waals surface area contributed by atoms with E-state index in [9.17, 15) is 17.6 Å². The molecule has 0 spiro atoms. The molecule has 3 heterocycles. The molecule has 3 rings (SSSR count). The van der Waals surface area contributed by atoms with Crippen LogP contribution in [-0.2, 0) is 4.74 Å². The van der Waals surface area contributed by atoms with Crippen molar-refractivity contribution in [2.75, 3.05) is 0 Å². The van der Waals surface area contributed by atoms with Crippen LogP contribution >= 0.6 is 11.6 Å². The van der Waals surface area contributed by atoms with Crippen LogP contribution in [0.15, 0.2) is 12.7 Å². The number of hydrogen-bond donors (Lipinski definition) is 0.